The van der Waals surface area contributed by atoms with Crippen LogP contribution in [-0.2, 0) is 31.9 Å². The molecule has 2 aliphatic rings. The molecule has 3 aromatic rings. The zero-order valence-electron chi connectivity index (χ0n) is 20.1. The van der Waals surface area contributed by atoms with Gasteiger partial charge in [0.1, 0.15) is 0 Å². The number of benzene rings is 2. The van der Waals surface area contributed by atoms with Gasteiger partial charge in [0.2, 0.25) is 5.91 Å². The Morgan fingerprint density at radius 2 is 1.61 bits per heavy atom. The molecule has 2 aromatic carbocycles. The van der Waals surface area contributed by atoms with Crippen LogP contribution in [0, 0.1) is 0 Å². The summed E-state index contributed by atoms with van der Waals surface area (Å²) < 4.78 is 10.5. The topological polar surface area (TPSA) is 113 Å². The Hall–Kier alpha value is -3.69. The van der Waals surface area contributed by atoms with Crippen molar-refractivity contribution in [1.29, 1.82) is 0 Å². The summed E-state index contributed by atoms with van der Waals surface area (Å²) in [5.41, 5.74) is 5.17. The molecule has 188 valence electrons. The van der Waals surface area contributed by atoms with Crippen LogP contribution in [0.2, 0.25) is 0 Å². The number of aromatic amines is 1. The van der Waals surface area contributed by atoms with Crippen LogP contribution in [0.1, 0.15) is 34.5 Å². The van der Waals surface area contributed by atoms with E-state index in [4.69, 9.17) is 9.47 Å². The second-order valence-corrected chi connectivity index (χ2v) is 9.19. The predicted octanol–water partition coefficient (Wildman–Crippen LogP) is 3.11. The van der Waals surface area contributed by atoms with E-state index in [1.165, 1.54) is 17.7 Å². The molecule has 1 aromatic heterocycles. The third-order valence-corrected chi connectivity index (χ3v) is 6.59. The summed E-state index contributed by atoms with van der Waals surface area (Å²) in [6.45, 7) is 2.69. The molecule has 5 rings (SSSR count). The number of aromatic nitrogens is 1. The molecule has 9 heteroatoms. The smallest absolute Gasteiger partial charge is 0.338 e. The van der Waals surface area contributed by atoms with Gasteiger partial charge in [0.15, 0.2) is 6.61 Å². The fourth-order valence-corrected chi connectivity index (χ4v) is 4.74. The molecule has 1 fully saturated rings. The van der Waals surface area contributed by atoms with Gasteiger partial charge in [-0.15, -0.1) is 0 Å². The Labute approximate surface area is 209 Å². The number of morpholine rings is 1. The maximum Gasteiger partial charge on any atom is 0.338 e. The Balaban J connectivity index is 1.10. The summed E-state index contributed by atoms with van der Waals surface area (Å²) in [4.78, 5) is 42.6. The van der Waals surface area contributed by atoms with E-state index in [1.54, 1.807) is 30.3 Å². The number of H-pyrrole nitrogens is 1. The molecular weight excluding hydrogens is 460 g/mol. The van der Waals surface area contributed by atoms with E-state index in [0.717, 1.165) is 43.3 Å². The molecule has 2 amide bonds. The van der Waals surface area contributed by atoms with Gasteiger partial charge < -0.3 is 25.1 Å². The first kappa shape index (κ1) is 24.0. The zero-order valence-corrected chi connectivity index (χ0v) is 20.1. The number of ether oxygens (including phenoxy) is 2. The highest BCUT2D eigenvalue weighted by Gasteiger charge is 2.18. The lowest BCUT2D eigenvalue weighted by Crippen LogP contribution is -2.41. The number of carbonyl (C=O) groups excluding carboxylic acids is 3. The van der Waals surface area contributed by atoms with Gasteiger partial charge in [-0.1, -0.05) is 0 Å². The van der Waals surface area contributed by atoms with E-state index in [-0.39, 0.29) is 12.5 Å². The minimum Gasteiger partial charge on any atom is -0.452 e. The van der Waals surface area contributed by atoms with E-state index in [2.05, 4.69) is 15.6 Å². The lowest BCUT2D eigenvalue weighted by molar-refractivity contribution is -0.119. The van der Waals surface area contributed by atoms with Gasteiger partial charge in [0.25, 0.3) is 5.91 Å². The van der Waals surface area contributed by atoms with Crippen molar-refractivity contribution in [2.24, 2.45) is 0 Å². The number of aryl methyl sites for hydroxylation is 2. The normalized spacial score (nSPS) is 15.8. The Bertz CT molecular complexity index is 1260. The summed E-state index contributed by atoms with van der Waals surface area (Å²) in [5.74, 6) is -1.07. The van der Waals surface area contributed by atoms with Gasteiger partial charge in [0, 0.05) is 41.1 Å². The Kier molecular flexibility index (Phi) is 7.29. The van der Waals surface area contributed by atoms with Crippen molar-refractivity contribution in [2.45, 2.75) is 25.7 Å². The Morgan fingerprint density at radius 1 is 0.917 bits per heavy atom. The van der Waals surface area contributed by atoms with Crippen LogP contribution in [0.15, 0.2) is 42.5 Å². The Morgan fingerprint density at radius 3 is 2.36 bits per heavy atom. The summed E-state index contributed by atoms with van der Waals surface area (Å²) in [6.07, 6.45) is 4.37. The molecule has 36 heavy (non-hydrogen) atoms. The molecule has 3 N–H and O–H groups in total. The lowest BCUT2D eigenvalue weighted by Gasteiger charge is -2.25. The van der Waals surface area contributed by atoms with Crippen LogP contribution in [0.5, 0.6) is 0 Å². The summed E-state index contributed by atoms with van der Waals surface area (Å²) in [7, 11) is 0. The van der Waals surface area contributed by atoms with Crippen LogP contribution in [-0.4, -0.2) is 67.1 Å². The van der Waals surface area contributed by atoms with Gasteiger partial charge in [-0.3, -0.25) is 14.5 Å². The number of hydrogen-bond acceptors (Lipinski definition) is 6. The van der Waals surface area contributed by atoms with Gasteiger partial charge in [0.05, 0.1) is 25.3 Å². The zero-order chi connectivity index (χ0) is 24.9. The first-order valence-corrected chi connectivity index (χ1v) is 12.4. The third kappa shape index (κ3) is 5.75. The number of carbonyl (C=O) groups is 3. The number of nitrogens with one attached hydrogen (secondary N) is 3. The molecule has 9 nitrogen and oxygen atoms in total. The van der Waals surface area contributed by atoms with Crippen molar-refractivity contribution in [2.75, 3.05) is 50.1 Å². The van der Waals surface area contributed by atoms with Crippen molar-refractivity contribution in [1.82, 2.24) is 9.88 Å². The molecule has 0 saturated carbocycles. The average molecular weight is 491 g/mol. The molecule has 0 bridgehead atoms. The number of esters is 1. The van der Waals surface area contributed by atoms with Gasteiger partial charge in [-0.25, -0.2) is 4.79 Å². The van der Waals surface area contributed by atoms with E-state index in [9.17, 15) is 14.4 Å². The first-order valence-electron chi connectivity index (χ1n) is 12.4. The summed E-state index contributed by atoms with van der Waals surface area (Å²) in [6, 6.07) is 12.3. The molecule has 2 heterocycles. The van der Waals surface area contributed by atoms with Crippen LogP contribution in [0.3, 0.4) is 0 Å². The van der Waals surface area contributed by atoms with E-state index in [1.807, 2.05) is 17.0 Å². The van der Waals surface area contributed by atoms with Gasteiger partial charge >= 0.3 is 5.97 Å². The van der Waals surface area contributed by atoms with Crippen molar-refractivity contribution >= 4 is 40.1 Å². The molecule has 0 radical (unpaired) electrons. The fraction of sp³-hybridized carbons (Fsp3) is 0.370. The molecule has 1 aliphatic heterocycles. The molecule has 1 saturated heterocycles. The number of amides is 2. The van der Waals surface area contributed by atoms with Gasteiger partial charge in [-0.2, -0.15) is 0 Å². The number of hydrogen-bond donors (Lipinski definition) is 3. The van der Waals surface area contributed by atoms with Crippen LogP contribution in [0.4, 0.5) is 11.4 Å². The van der Waals surface area contributed by atoms with Crippen LogP contribution < -0.4 is 10.6 Å². The van der Waals surface area contributed by atoms with E-state index in [0.29, 0.717) is 36.7 Å². The fourth-order valence-electron chi connectivity index (χ4n) is 4.74. The van der Waals surface area contributed by atoms with E-state index < -0.39 is 11.9 Å². The SMILES string of the molecule is O=C(COC(=O)c1ccc2[nH]c3c(c2c1)CCCC3)Nc1ccc(NC(=O)CN2CCOCC2)cc1. The molecule has 1 aliphatic carbocycles. The largest absolute Gasteiger partial charge is 0.452 e. The van der Waals surface area contributed by atoms with Crippen molar-refractivity contribution in [3.8, 4) is 0 Å². The number of nitrogens with zero attached hydrogens (tertiary/aromatic N) is 1. The minimum atomic E-state index is -0.531. The van der Waals surface area contributed by atoms with Crippen molar-refractivity contribution < 1.29 is 23.9 Å². The summed E-state index contributed by atoms with van der Waals surface area (Å²) >= 11 is 0. The van der Waals surface area contributed by atoms with Crippen LogP contribution >= 0.6 is 0 Å². The second kappa shape index (κ2) is 10.9. The average Bonchev–Trinajstić information content (AvgIpc) is 3.27. The minimum absolute atomic E-state index is 0.0982. The highest BCUT2D eigenvalue weighted by molar-refractivity contribution is 5.99. The number of fused-ring (bicyclic) bond motifs is 3. The quantitative estimate of drug-likeness (QED) is 0.439. The highest BCUT2D eigenvalue weighted by Crippen LogP contribution is 2.29. The summed E-state index contributed by atoms with van der Waals surface area (Å²) in [5, 5.41) is 6.61. The highest BCUT2D eigenvalue weighted by atomic mass is 16.5. The lowest BCUT2D eigenvalue weighted by atomic mass is 9.95. The third-order valence-electron chi connectivity index (χ3n) is 6.59. The standard InChI is InChI=1S/C27H30N4O5/c32-25(16-31-11-13-35-14-12-31)28-19-6-8-20(9-7-19)29-26(33)17-36-27(34)18-5-10-24-22(15-18)21-3-1-2-4-23(21)30-24/h5-10,15,30H,1-4,11-14,16-17H2,(H,28,32)(H,29,33). The van der Waals surface area contributed by atoms with Gasteiger partial charge in [-0.05, 0) is 73.7 Å². The van der Waals surface area contributed by atoms with E-state index >= 15 is 0 Å². The number of rotatable bonds is 7. The van der Waals surface area contributed by atoms with Crippen molar-refractivity contribution in [3.05, 3.63) is 59.3 Å². The maximum absolute atomic E-state index is 12.6. The number of anilines is 2. The monoisotopic (exact) mass is 490 g/mol. The molecule has 0 spiro atoms. The molecule has 0 atom stereocenters. The maximum atomic E-state index is 12.6. The predicted molar refractivity (Wildman–Crippen MR) is 136 cm³/mol. The first-order chi connectivity index (χ1) is 17.5. The molecular formula is C27H30N4O5. The van der Waals surface area contributed by atoms with Crippen LogP contribution in [0.25, 0.3) is 10.9 Å². The second-order valence-electron chi connectivity index (χ2n) is 9.19. The molecule has 0 unspecified atom stereocenters. The van der Waals surface area contributed by atoms with Crippen molar-refractivity contribution in [3.63, 3.8) is 0 Å².